The summed E-state index contributed by atoms with van der Waals surface area (Å²) in [6.07, 6.45) is 0.855. The molecule has 0 spiro atoms. The van der Waals surface area contributed by atoms with Gasteiger partial charge in [-0.2, -0.15) is 0 Å². The van der Waals surface area contributed by atoms with Crippen molar-refractivity contribution in [1.29, 1.82) is 0 Å². The third kappa shape index (κ3) is 7.71. The molecule has 2 amide bonds. The van der Waals surface area contributed by atoms with Gasteiger partial charge in [-0.05, 0) is 62.2 Å². The number of nitrogens with one attached hydrogen (secondary N) is 1. The molecule has 0 unspecified atom stereocenters. The quantitative estimate of drug-likeness (QED) is 0.495. The summed E-state index contributed by atoms with van der Waals surface area (Å²) in [5, 5.41) is 3.44. The minimum absolute atomic E-state index is 0.0774. The Kier molecular flexibility index (Phi) is 9.48. The summed E-state index contributed by atoms with van der Waals surface area (Å²) in [4.78, 5) is 26.8. The number of carbonyl (C=O) groups is 2. The predicted octanol–water partition coefficient (Wildman–Crippen LogP) is 4.81. The van der Waals surface area contributed by atoms with Crippen molar-refractivity contribution in [2.45, 2.75) is 39.3 Å². The van der Waals surface area contributed by atoms with Gasteiger partial charge in [-0.3, -0.25) is 9.59 Å². The molecule has 0 saturated heterocycles. The third-order valence-corrected chi connectivity index (χ3v) is 5.18. The maximum atomic E-state index is 12.9. The standard InChI is InChI=1S/C22H26BrClN2O3/c1-3-25-22(28)16(2)26(15-17-6-8-18(23)9-7-17)21(27)5-4-14-29-20-12-10-19(24)11-13-20/h6-13,16H,3-5,14-15H2,1-2H3,(H,25,28)/t16-/m1/s1. The van der Waals surface area contributed by atoms with E-state index in [2.05, 4.69) is 21.2 Å². The molecule has 156 valence electrons. The third-order valence-electron chi connectivity index (χ3n) is 4.40. The summed E-state index contributed by atoms with van der Waals surface area (Å²) in [5.41, 5.74) is 0.968. The van der Waals surface area contributed by atoms with Crippen LogP contribution in [0.5, 0.6) is 5.75 Å². The molecule has 5 nitrogen and oxygen atoms in total. The Morgan fingerprint density at radius 2 is 1.79 bits per heavy atom. The van der Waals surface area contributed by atoms with Gasteiger partial charge in [-0.1, -0.05) is 39.7 Å². The van der Waals surface area contributed by atoms with Crippen molar-refractivity contribution in [2.24, 2.45) is 0 Å². The number of hydrogen-bond acceptors (Lipinski definition) is 3. The lowest BCUT2D eigenvalue weighted by atomic mass is 10.1. The number of halogens is 2. The fraction of sp³-hybridized carbons (Fsp3) is 0.364. The van der Waals surface area contributed by atoms with Crippen molar-refractivity contribution in [3.63, 3.8) is 0 Å². The van der Waals surface area contributed by atoms with Crippen LogP contribution in [0.2, 0.25) is 5.02 Å². The highest BCUT2D eigenvalue weighted by molar-refractivity contribution is 9.10. The van der Waals surface area contributed by atoms with E-state index in [9.17, 15) is 9.59 Å². The first-order chi connectivity index (χ1) is 13.9. The summed E-state index contributed by atoms with van der Waals surface area (Å²) in [6, 6.07) is 14.3. The Hall–Kier alpha value is -2.05. The molecule has 0 fully saturated rings. The molecule has 0 saturated carbocycles. The fourth-order valence-electron chi connectivity index (χ4n) is 2.78. The van der Waals surface area contributed by atoms with Gasteiger partial charge in [0.15, 0.2) is 0 Å². The molecular formula is C22H26BrClN2O3. The number of benzene rings is 2. The van der Waals surface area contributed by atoms with Gasteiger partial charge in [0, 0.05) is 29.0 Å². The molecule has 2 rings (SSSR count). The number of ether oxygens (including phenoxy) is 1. The zero-order valence-electron chi connectivity index (χ0n) is 16.7. The van der Waals surface area contributed by atoms with E-state index in [1.165, 1.54) is 0 Å². The van der Waals surface area contributed by atoms with Crippen molar-refractivity contribution in [1.82, 2.24) is 10.2 Å². The Morgan fingerprint density at radius 1 is 1.14 bits per heavy atom. The van der Waals surface area contributed by atoms with Gasteiger partial charge in [0.05, 0.1) is 6.61 Å². The van der Waals surface area contributed by atoms with Gasteiger partial charge in [-0.25, -0.2) is 0 Å². The summed E-state index contributed by atoms with van der Waals surface area (Å²) in [6.45, 7) is 4.93. The zero-order chi connectivity index (χ0) is 21.2. The Bertz CT molecular complexity index is 797. The number of likely N-dealkylation sites (N-methyl/N-ethyl adjacent to an activating group) is 1. The van der Waals surface area contributed by atoms with Crippen LogP contribution in [0, 0.1) is 0 Å². The van der Waals surface area contributed by atoms with Crippen LogP contribution in [0.1, 0.15) is 32.3 Å². The van der Waals surface area contributed by atoms with E-state index in [1.807, 2.05) is 31.2 Å². The Morgan fingerprint density at radius 3 is 2.41 bits per heavy atom. The van der Waals surface area contributed by atoms with Gasteiger partial charge in [0.2, 0.25) is 11.8 Å². The fourth-order valence-corrected chi connectivity index (χ4v) is 3.17. The topological polar surface area (TPSA) is 58.6 Å². The number of rotatable bonds is 10. The predicted molar refractivity (Wildman–Crippen MR) is 119 cm³/mol. The summed E-state index contributed by atoms with van der Waals surface area (Å²) < 4.78 is 6.62. The van der Waals surface area contributed by atoms with Crippen molar-refractivity contribution < 1.29 is 14.3 Å². The van der Waals surface area contributed by atoms with Gasteiger partial charge in [0.1, 0.15) is 11.8 Å². The van der Waals surface area contributed by atoms with Gasteiger partial charge < -0.3 is 15.0 Å². The minimum atomic E-state index is -0.553. The summed E-state index contributed by atoms with van der Waals surface area (Å²) in [5.74, 6) is 0.478. The van der Waals surface area contributed by atoms with Crippen LogP contribution in [0.4, 0.5) is 0 Å². The van der Waals surface area contributed by atoms with E-state index < -0.39 is 6.04 Å². The Labute approximate surface area is 185 Å². The first-order valence-electron chi connectivity index (χ1n) is 9.60. The van der Waals surface area contributed by atoms with Crippen molar-refractivity contribution in [2.75, 3.05) is 13.2 Å². The van der Waals surface area contributed by atoms with Gasteiger partial charge >= 0.3 is 0 Å². The van der Waals surface area contributed by atoms with E-state index in [1.54, 1.807) is 36.1 Å². The monoisotopic (exact) mass is 480 g/mol. The molecule has 1 N–H and O–H groups in total. The molecule has 0 aliphatic rings. The highest BCUT2D eigenvalue weighted by Crippen LogP contribution is 2.17. The van der Waals surface area contributed by atoms with E-state index in [0.29, 0.717) is 43.3 Å². The van der Waals surface area contributed by atoms with E-state index >= 15 is 0 Å². The molecule has 2 aromatic carbocycles. The molecule has 1 atom stereocenters. The number of carbonyl (C=O) groups excluding carboxylic acids is 2. The van der Waals surface area contributed by atoms with Crippen molar-refractivity contribution in [3.8, 4) is 5.75 Å². The highest BCUT2D eigenvalue weighted by Gasteiger charge is 2.25. The second-order valence-corrected chi connectivity index (χ2v) is 7.98. The SMILES string of the molecule is CCNC(=O)[C@@H](C)N(Cc1ccc(Br)cc1)C(=O)CCCOc1ccc(Cl)cc1. The molecular weight excluding hydrogens is 456 g/mol. The van der Waals surface area contributed by atoms with Crippen LogP contribution in [-0.2, 0) is 16.1 Å². The van der Waals surface area contributed by atoms with Crippen LogP contribution in [0.15, 0.2) is 53.0 Å². The smallest absolute Gasteiger partial charge is 0.242 e. The molecule has 0 heterocycles. The van der Waals surface area contributed by atoms with Gasteiger partial charge in [-0.15, -0.1) is 0 Å². The second-order valence-electron chi connectivity index (χ2n) is 6.62. The lowest BCUT2D eigenvalue weighted by Gasteiger charge is -2.28. The molecule has 2 aromatic rings. The largest absolute Gasteiger partial charge is 0.494 e. The van der Waals surface area contributed by atoms with Crippen molar-refractivity contribution in [3.05, 3.63) is 63.6 Å². The van der Waals surface area contributed by atoms with Crippen LogP contribution in [0.3, 0.4) is 0 Å². The average molecular weight is 482 g/mol. The lowest BCUT2D eigenvalue weighted by molar-refractivity contribution is -0.140. The molecule has 29 heavy (non-hydrogen) atoms. The zero-order valence-corrected chi connectivity index (χ0v) is 19.0. The maximum Gasteiger partial charge on any atom is 0.242 e. The normalized spacial score (nSPS) is 11.6. The number of nitrogens with zero attached hydrogens (tertiary/aromatic N) is 1. The molecule has 7 heteroatoms. The van der Waals surface area contributed by atoms with E-state index in [-0.39, 0.29) is 11.8 Å². The number of hydrogen-bond donors (Lipinski definition) is 1. The minimum Gasteiger partial charge on any atom is -0.494 e. The summed E-state index contributed by atoms with van der Waals surface area (Å²) >= 11 is 9.27. The highest BCUT2D eigenvalue weighted by atomic mass is 79.9. The van der Waals surface area contributed by atoms with Crippen LogP contribution in [0.25, 0.3) is 0 Å². The molecule has 0 radical (unpaired) electrons. The van der Waals surface area contributed by atoms with Crippen LogP contribution < -0.4 is 10.1 Å². The molecule has 0 aliphatic carbocycles. The average Bonchev–Trinajstić information content (AvgIpc) is 2.71. The summed E-state index contributed by atoms with van der Waals surface area (Å²) in [7, 11) is 0. The first kappa shape index (κ1) is 23.2. The lowest BCUT2D eigenvalue weighted by Crippen LogP contribution is -2.47. The Balaban J connectivity index is 1.96. The number of amides is 2. The van der Waals surface area contributed by atoms with Crippen LogP contribution in [-0.4, -0.2) is 35.9 Å². The second kappa shape index (κ2) is 11.8. The first-order valence-corrected chi connectivity index (χ1v) is 10.8. The molecule has 0 aliphatic heterocycles. The maximum absolute atomic E-state index is 12.9. The van der Waals surface area contributed by atoms with Crippen LogP contribution >= 0.6 is 27.5 Å². The van der Waals surface area contributed by atoms with E-state index in [4.69, 9.17) is 16.3 Å². The molecule has 0 aromatic heterocycles. The van der Waals surface area contributed by atoms with Crippen molar-refractivity contribution >= 4 is 39.3 Å². The molecule has 0 bridgehead atoms. The van der Waals surface area contributed by atoms with E-state index in [0.717, 1.165) is 10.0 Å². The van der Waals surface area contributed by atoms with Gasteiger partial charge in [0.25, 0.3) is 0 Å².